The quantitative estimate of drug-likeness (QED) is 0.729. The van der Waals surface area contributed by atoms with Gasteiger partial charge in [0.25, 0.3) is 0 Å². The van der Waals surface area contributed by atoms with E-state index in [1.54, 1.807) is 37.4 Å². The van der Waals surface area contributed by atoms with E-state index in [4.69, 9.17) is 4.74 Å². The predicted octanol–water partition coefficient (Wildman–Crippen LogP) is 3.12. The Bertz CT molecular complexity index is 982. The lowest BCUT2D eigenvalue weighted by molar-refractivity contribution is -0.115. The SMILES string of the molecule is COc1ccc(CC(=O)Nc2cc(S(=O)(=O)N3CCCCC3)ccc2N(C)C)cc1. The van der Waals surface area contributed by atoms with Crippen LogP contribution in [0.4, 0.5) is 11.4 Å². The van der Waals surface area contributed by atoms with E-state index in [0.717, 1.165) is 36.3 Å². The second-order valence-electron chi connectivity index (χ2n) is 7.61. The number of nitrogens with one attached hydrogen (secondary N) is 1. The van der Waals surface area contributed by atoms with Crippen molar-refractivity contribution in [1.82, 2.24) is 4.31 Å². The van der Waals surface area contributed by atoms with Crippen LogP contribution in [0.1, 0.15) is 24.8 Å². The minimum absolute atomic E-state index is 0.181. The first-order valence-electron chi connectivity index (χ1n) is 10.1. The Labute approximate surface area is 178 Å². The molecular formula is C22H29N3O4S. The van der Waals surface area contributed by atoms with Crippen molar-refractivity contribution < 1.29 is 17.9 Å². The molecule has 0 radical (unpaired) electrons. The molecule has 0 saturated carbocycles. The van der Waals surface area contributed by atoms with Crippen molar-refractivity contribution in [2.75, 3.05) is 44.5 Å². The van der Waals surface area contributed by atoms with Gasteiger partial charge in [-0.1, -0.05) is 18.6 Å². The van der Waals surface area contributed by atoms with Gasteiger partial charge in [-0.05, 0) is 48.7 Å². The number of carbonyl (C=O) groups is 1. The lowest BCUT2D eigenvalue weighted by atomic mass is 10.1. The second kappa shape index (κ2) is 9.49. The summed E-state index contributed by atoms with van der Waals surface area (Å²) in [7, 11) is 1.72. The average molecular weight is 432 g/mol. The first-order chi connectivity index (χ1) is 14.3. The summed E-state index contributed by atoms with van der Waals surface area (Å²) in [5.41, 5.74) is 2.07. The number of ether oxygens (including phenoxy) is 1. The molecule has 0 unspecified atom stereocenters. The molecule has 3 rings (SSSR count). The summed E-state index contributed by atoms with van der Waals surface area (Å²) >= 11 is 0. The largest absolute Gasteiger partial charge is 0.497 e. The number of methoxy groups -OCH3 is 1. The van der Waals surface area contributed by atoms with E-state index in [1.807, 2.05) is 31.1 Å². The van der Waals surface area contributed by atoms with E-state index < -0.39 is 10.0 Å². The summed E-state index contributed by atoms with van der Waals surface area (Å²) in [6.45, 7) is 1.08. The number of hydrogen-bond donors (Lipinski definition) is 1. The minimum Gasteiger partial charge on any atom is -0.497 e. The van der Waals surface area contributed by atoms with Crippen LogP contribution in [0.2, 0.25) is 0 Å². The van der Waals surface area contributed by atoms with E-state index in [-0.39, 0.29) is 17.2 Å². The molecule has 0 aliphatic carbocycles. The molecule has 1 saturated heterocycles. The second-order valence-corrected chi connectivity index (χ2v) is 9.55. The van der Waals surface area contributed by atoms with E-state index >= 15 is 0 Å². The van der Waals surface area contributed by atoms with Crippen LogP contribution in [0.15, 0.2) is 47.4 Å². The monoisotopic (exact) mass is 431 g/mol. The zero-order chi connectivity index (χ0) is 21.7. The molecule has 8 heteroatoms. The molecule has 162 valence electrons. The van der Waals surface area contributed by atoms with Crippen molar-refractivity contribution in [3.63, 3.8) is 0 Å². The number of nitrogens with zero attached hydrogens (tertiary/aromatic N) is 2. The zero-order valence-electron chi connectivity index (χ0n) is 17.7. The molecule has 1 N–H and O–H groups in total. The third-order valence-electron chi connectivity index (χ3n) is 5.20. The Morgan fingerprint density at radius 3 is 2.33 bits per heavy atom. The van der Waals surface area contributed by atoms with Gasteiger partial charge in [0.15, 0.2) is 0 Å². The zero-order valence-corrected chi connectivity index (χ0v) is 18.5. The third-order valence-corrected chi connectivity index (χ3v) is 7.10. The number of benzene rings is 2. The summed E-state index contributed by atoms with van der Waals surface area (Å²) in [5, 5.41) is 2.89. The highest BCUT2D eigenvalue weighted by Crippen LogP contribution is 2.30. The summed E-state index contributed by atoms with van der Waals surface area (Å²) in [5.74, 6) is 0.514. The molecule has 1 heterocycles. The molecule has 1 amide bonds. The summed E-state index contributed by atoms with van der Waals surface area (Å²) in [4.78, 5) is 14.7. The molecule has 0 atom stereocenters. The van der Waals surface area contributed by atoms with Gasteiger partial charge < -0.3 is 15.0 Å². The van der Waals surface area contributed by atoms with Crippen LogP contribution in [-0.2, 0) is 21.2 Å². The van der Waals surface area contributed by atoms with Crippen molar-refractivity contribution in [2.24, 2.45) is 0 Å². The summed E-state index contributed by atoms with van der Waals surface area (Å²) in [6, 6.07) is 12.2. The fraction of sp³-hybridized carbons (Fsp3) is 0.409. The molecule has 0 spiro atoms. The van der Waals surface area contributed by atoms with Gasteiger partial charge in [-0.15, -0.1) is 0 Å². The van der Waals surface area contributed by atoms with E-state index in [9.17, 15) is 13.2 Å². The fourth-order valence-electron chi connectivity index (χ4n) is 3.54. The van der Waals surface area contributed by atoms with Gasteiger partial charge in [0.05, 0.1) is 29.8 Å². The maximum atomic E-state index is 13.0. The van der Waals surface area contributed by atoms with Crippen molar-refractivity contribution in [1.29, 1.82) is 0 Å². The van der Waals surface area contributed by atoms with E-state index in [1.165, 1.54) is 4.31 Å². The van der Waals surface area contributed by atoms with Crippen LogP contribution in [0.25, 0.3) is 0 Å². The van der Waals surface area contributed by atoms with Crippen molar-refractivity contribution in [2.45, 2.75) is 30.6 Å². The summed E-state index contributed by atoms with van der Waals surface area (Å²) in [6.07, 6.45) is 2.99. The maximum absolute atomic E-state index is 13.0. The Morgan fingerprint density at radius 2 is 1.73 bits per heavy atom. The smallest absolute Gasteiger partial charge is 0.243 e. The number of anilines is 2. The van der Waals surface area contributed by atoms with Crippen LogP contribution in [0, 0.1) is 0 Å². The highest BCUT2D eigenvalue weighted by atomic mass is 32.2. The van der Waals surface area contributed by atoms with Gasteiger partial charge in [-0.2, -0.15) is 4.31 Å². The van der Waals surface area contributed by atoms with E-state index in [0.29, 0.717) is 18.8 Å². The number of piperidine rings is 1. The molecule has 30 heavy (non-hydrogen) atoms. The van der Waals surface area contributed by atoms with Crippen LogP contribution in [0.5, 0.6) is 5.75 Å². The Morgan fingerprint density at radius 1 is 1.07 bits per heavy atom. The Balaban J connectivity index is 1.82. The average Bonchev–Trinajstić information content (AvgIpc) is 2.74. The molecule has 1 fully saturated rings. The third kappa shape index (κ3) is 5.12. The minimum atomic E-state index is -3.58. The molecule has 2 aromatic carbocycles. The first-order valence-corrected chi connectivity index (χ1v) is 11.5. The number of hydrogen-bond acceptors (Lipinski definition) is 5. The van der Waals surface area contributed by atoms with E-state index in [2.05, 4.69) is 5.32 Å². The first kappa shape index (κ1) is 22.1. The lowest BCUT2D eigenvalue weighted by Crippen LogP contribution is -2.35. The van der Waals surface area contributed by atoms with Gasteiger partial charge >= 0.3 is 0 Å². The molecule has 0 bridgehead atoms. The highest BCUT2D eigenvalue weighted by molar-refractivity contribution is 7.89. The van der Waals surface area contributed by atoms with Crippen LogP contribution >= 0.6 is 0 Å². The van der Waals surface area contributed by atoms with Crippen LogP contribution in [-0.4, -0.2) is 52.9 Å². The topological polar surface area (TPSA) is 78.9 Å². The highest BCUT2D eigenvalue weighted by Gasteiger charge is 2.27. The van der Waals surface area contributed by atoms with Gasteiger partial charge in [0.1, 0.15) is 5.75 Å². The van der Waals surface area contributed by atoms with Gasteiger partial charge in [-0.3, -0.25) is 4.79 Å². The van der Waals surface area contributed by atoms with Gasteiger partial charge in [0, 0.05) is 27.2 Å². The fourth-order valence-corrected chi connectivity index (χ4v) is 5.09. The number of rotatable bonds is 7. The summed E-state index contributed by atoms with van der Waals surface area (Å²) < 4.78 is 32.8. The predicted molar refractivity (Wildman–Crippen MR) is 119 cm³/mol. The number of carbonyl (C=O) groups excluding carboxylic acids is 1. The Kier molecular flexibility index (Phi) is 6.99. The molecule has 0 aromatic heterocycles. The van der Waals surface area contributed by atoms with Crippen LogP contribution < -0.4 is 15.0 Å². The molecule has 2 aromatic rings. The van der Waals surface area contributed by atoms with Gasteiger partial charge in [-0.25, -0.2) is 8.42 Å². The van der Waals surface area contributed by atoms with Crippen molar-refractivity contribution in [3.8, 4) is 5.75 Å². The normalized spacial score (nSPS) is 14.9. The van der Waals surface area contributed by atoms with Crippen molar-refractivity contribution in [3.05, 3.63) is 48.0 Å². The molecule has 1 aliphatic heterocycles. The number of amides is 1. The van der Waals surface area contributed by atoms with Crippen molar-refractivity contribution >= 4 is 27.3 Å². The molecule has 7 nitrogen and oxygen atoms in total. The Hall–Kier alpha value is -2.58. The maximum Gasteiger partial charge on any atom is 0.243 e. The lowest BCUT2D eigenvalue weighted by Gasteiger charge is -2.26. The van der Waals surface area contributed by atoms with Gasteiger partial charge in [0.2, 0.25) is 15.9 Å². The van der Waals surface area contributed by atoms with Crippen LogP contribution in [0.3, 0.4) is 0 Å². The number of sulfonamides is 1. The molecule has 1 aliphatic rings. The molecular weight excluding hydrogens is 402 g/mol. The standard InChI is InChI=1S/C22H29N3O4S/c1-24(2)21-12-11-19(30(27,28)25-13-5-4-6-14-25)16-20(21)23-22(26)15-17-7-9-18(29-3)10-8-17/h7-12,16H,4-6,13-15H2,1-3H3,(H,23,26).